The zero-order valence-corrected chi connectivity index (χ0v) is 18.7. The fraction of sp³-hybridized carbons (Fsp3) is 0.636. The Kier molecular flexibility index (Phi) is 6.31. The number of hydrogen-bond donors (Lipinski definition) is 2. The normalized spacial score (nSPS) is 22.1. The zero-order chi connectivity index (χ0) is 22.0. The molecule has 2 saturated heterocycles. The van der Waals surface area contributed by atoms with Crippen LogP contribution in [0.25, 0.3) is 0 Å². The van der Waals surface area contributed by atoms with Crippen molar-refractivity contribution < 1.29 is 19.2 Å². The molecule has 8 nitrogen and oxygen atoms in total. The second-order valence-corrected chi connectivity index (χ2v) is 9.82. The summed E-state index contributed by atoms with van der Waals surface area (Å²) >= 11 is 1.68. The smallest absolute Gasteiger partial charge is 0.325 e. The van der Waals surface area contributed by atoms with E-state index in [-0.39, 0.29) is 23.6 Å². The highest BCUT2D eigenvalue weighted by atomic mass is 32.1. The molecule has 5 amide bonds. The van der Waals surface area contributed by atoms with Crippen LogP contribution < -0.4 is 10.6 Å². The Balaban J connectivity index is 1.26. The maximum absolute atomic E-state index is 13.0. The van der Waals surface area contributed by atoms with Crippen molar-refractivity contribution in [3.63, 3.8) is 0 Å². The van der Waals surface area contributed by atoms with Crippen LogP contribution in [0.2, 0.25) is 0 Å². The van der Waals surface area contributed by atoms with E-state index in [2.05, 4.69) is 16.7 Å². The molecular formula is C22H30N4O4S. The molecule has 2 N–H and O–H groups in total. The van der Waals surface area contributed by atoms with Gasteiger partial charge in [0.25, 0.3) is 5.91 Å². The number of rotatable bonds is 6. The third-order valence-corrected chi connectivity index (χ3v) is 7.76. The lowest BCUT2D eigenvalue weighted by Gasteiger charge is -2.34. The summed E-state index contributed by atoms with van der Waals surface area (Å²) in [7, 11) is 0. The maximum atomic E-state index is 13.0. The fourth-order valence-corrected chi connectivity index (χ4v) is 5.66. The fourth-order valence-electron chi connectivity index (χ4n) is 4.96. The summed E-state index contributed by atoms with van der Waals surface area (Å²) in [6.45, 7) is 3.16. The molecule has 31 heavy (non-hydrogen) atoms. The first-order chi connectivity index (χ1) is 14.9. The minimum absolute atomic E-state index is 0.0361. The molecule has 168 valence electrons. The van der Waals surface area contributed by atoms with Gasteiger partial charge in [-0.25, -0.2) is 9.69 Å². The maximum Gasteiger partial charge on any atom is 0.325 e. The Bertz CT molecular complexity index is 842. The molecule has 1 aliphatic carbocycles. The van der Waals surface area contributed by atoms with E-state index < -0.39 is 17.6 Å². The molecule has 1 spiro atoms. The van der Waals surface area contributed by atoms with Gasteiger partial charge in [0.2, 0.25) is 11.8 Å². The Morgan fingerprint density at radius 1 is 1.26 bits per heavy atom. The number of likely N-dealkylation sites (tertiary alicyclic amines) is 1. The molecular weight excluding hydrogens is 416 g/mol. The summed E-state index contributed by atoms with van der Waals surface area (Å²) in [4.78, 5) is 54.9. The van der Waals surface area contributed by atoms with Crippen molar-refractivity contribution in [2.75, 3.05) is 19.6 Å². The van der Waals surface area contributed by atoms with Crippen molar-refractivity contribution in [1.82, 2.24) is 20.4 Å². The number of amides is 5. The van der Waals surface area contributed by atoms with Crippen LogP contribution in [0.5, 0.6) is 0 Å². The van der Waals surface area contributed by atoms with E-state index in [1.54, 1.807) is 23.2 Å². The van der Waals surface area contributed by atoms with E-state index in [0.717, 1.165) is 24.2 Å². The first-order valence-corrected chi connectivity index (χ1v) is 12.0. The number of urea groups is 1. The predicted molar refractivity (Wildman–Crippen MR) is 116 cm³/mol. The standard InChI is InChI=1S/C22H30N4O4S/c1-15(26-20(29)22(24-21(26)30)9-2-3-10-22)19(28)25-12-7-16(8-13-25)18(27)23-11-6-17-5-4-14-31-17/h4-5,14-16H,2-3,6-13H2,1H3,(H,23,27)(H,24,30). The summed E-state index contributed by atoms with van der Waals surface area (Å²) in [5.41, 5.74) is -0.806. The van der Waals surface area contributed by atoms with Crippen LogP contribution >= 0.6 is 11.3 Å². The van der Waals surface area contributed by atoms with E-state index in [1.807, 2.05) is 11.4 Å². The molecule has 0 radical (unpaired) electrons. The number of nitrogens with one attached hydrogen (secondary N) is 2. The minimum Gasteiger partial charge on any atom is -0.355 e. The van der Waals surface area contributed by atoms with E-state index in [4.69, 9.17) is 0 Å². The summed E-state index contributed by atoms with van der Waals surface area (Å²) in [6, 6.07) is 2.77. The highest BCUT2D eigenvalue weighted by Crippen LogP contribution is 2.36. The molecule has 0 aromatic carbocycles. The molecule has 1 saturated carbocycles. The number of imide groups is 1. The lowest BCUT2D eigenvalue weighted by atomic mass is 9.95. The van der Waals surface area contributed by atoms with Crippen molar-refractivity contribution >= 4 is 35.1 Å². The van der Waals surface area contributed by atoms with Gasteiger partial charge in [0, 0.05) is 30.4 Å². The van der Waals surface area contributed by atoms with Gasteiger partial charge in [-0.2, -0.15) is 0 Å². The molecule has 1 aromatic heterocycles. The van der Waals surface area contributed by atoms with Crippen molar-refractivity contribution in [1.29, 1.82) is 0 Å². The number of carbonyl (C=O) groups is 4. The first-order valence-electron chi connectivity index (χ1n) is 11.2. The summed E-state index contributed by atoms with van der Waals surface area (Å²) in [5, 5.41) is 7.86. The van der Waals surface area contributed by atoms with Gasteiger partial charge in [-0.1, -0.05) is 18.9 Å². The topological polar surface area (TPSA) is 98.8 Å². The van der Waals surface area contributed by atoms with Crippen LogP contribution in [0.4, 0.5) is 4.79 Å². The van der Waals surface area contributed by atoms with Gasteiger partial charge in [0.1, 0.15) is 11.6 Å². The van der Waals surface area contributed by atoms with Gasteiger partial charge in [-0.15, -0.1) is 11.3 Å². The number of hydrogen-bond acceptors (Lipinski definition) is 5. The zero-order valence-electron chi connectivity index (χ0n) is 17.9. The van der Waals surface area contributed by atoms with Gasteiger partial charge in [-0.3, -0.25) is 14.4 Å². The van der Waals surface area contributed by atoms with E-state index in [1.165, 1.54) is 4.88 Å². The Morgan fingerprint density at radius 2 is 1.97 bits per heavy atom. The van der Waals surface area contributed by atoms with Crippen LogP contribution in [-0.2, 0) is 20.8 Å². The molecule has 2 aliphatic heterocycles. The van der Waals surface area contributed by atoms with E-state index >= 15 is 0 Å². The highest BCUT2D eigenvalue weighted by molar-refractivity contribution is 7.09. The second-order valence-electron chi connectivity index (χ2n) is 8.79. The molecule has 1 aromatic rings. The van der Waals surface area contributed by atoms with Crippen molar-refractivity contribution in [2.45, 2.75) is 63.5 Å². The van der Waals surface area contributed by atoms with Crippen molar-refractivity contribution in [2.24, 2.45) is 5.92 Å². The Labute approximate surface area is 186 Å². The number of thiophene rings is 1. The van der Waals surface area contributed by atoms with Crippen LogP contribution in [0.3, 0.4) is 0 Å². The Hall–Kier alpha value is -2.42. The molecule has 4 rings (SSSR count). The average molecular weight is 447 g/mol. The van der Waals surface area contributed by atoms with Crippen LogP contribution in [0.15, 0.2) is 17.5 Å². The summed E-state index contributed by atoms with van der Waals surface area (Å²) in [5.74, 6) is -0.568. The SMILES string of the molecule is CC(C(=O)N1CCC(C(=O)NCCc2cccs2)CC1)N1C(=O)NC2(CCCC2)C1=O. The molecule has 1 atom stereocenters. The quantitative estimate of drug-likeness (QED) is 0.652. The molecule has 1 unspecified atom stereocenters. The molecule has 3 fully saturated rings. The van der Waals surface area contributed by atoms with E-state index in [0.29, 0.717) is 45.3 Å². The van der Waals surface area contributed by atoms with Gasteiger partial charge >= 0.3 is 6.03 Å². The van der Waals surface area contributed by atoms with Crippen molar-refractivity contribution in [3.8, 4) is 0 Å². The number of carbonyl (C=O) groups excluding carboxylic acids is 4. The molecule has 0 bridgehead atoms. The van der Waals surface area contributed by atoms with Gasteiger partial charge < -0.3 is 15.5 Å². The minimum atomic E-state index is -0.830. The lowest BCUT2D eigenvalue weighted by Crippen LogP contribution is -2.53. The lowest BCUT2D eigenvalue weighted by molar-refractivity contribution is -0.144. The van der Waals surface area contributed by atoms with Crippen LogP contribution in [-0.4, -0.2) is 64.8 Å². The predicted octanol–water partition coefficient (Wildman–Crippen LogP) is 1.90. The van der Waals surface area contributed by atoms with Gasteiger partial charge in [-0.05, 0) is 50.5 Å². The van der Waals surface area contributed by atoms with Crippen LogP contribution in [0.1, 0.15) is 50.3 Å². The second kappa shape index (κ2) is 8.98. The largest absolute Gasteiger partial charge is 0.355 e. The van der Waals surface area contributed by atoms with E-state index in [9.17, 15) is 19.2 Å². The highest BCUT2D eigenvalue weighted by Gasteiger charge is 2.54. The monoisotopic (exact) mass is 446 g/mol. The van der Waals surface area contributed by atoms with Crippen LogP contribution in [0, 0.1) is 5.92 Å². The van der Waals surface area contributed by atoms with Gasteiger partial charge in [0.15, 0.2) is 0 Å². The summed E-state index contributed by atoms with van der Waals surface area (Å²) < 4.78 is 0. The average Bonchev–Trinajstić information content (AvgIpc) is 3.50. The van der Waals surface area contributed by atoms with Crippen molar-refractivity contribution in [3.05, 3.63) is 22.4 Å². The number of nitrogens with zero attached hydrogens (tertiary/aromatic N) is 2. The third-order valence-electron chi connectivity index (χ3n) is 6.82. The molecule has 3 heterocycles. The Morgan fingerprint density at radius 3 is 2.61 bits per heavy atom. The van der Waals surface area contributed by atoms with Gasteiger partial charge in [0.05, 0.1) is 0 Å². The third kappa shape index (κ3) is 4.33. The number of piperidine rings is 1. The molecule has 3 aliphatic rings. The first kappa shape index (κ1) is 21.8. The summed E-state index contributed by atoms with van der Waals surface area (Å²) in [6.07, 6.45) is 5.10. The molecule has 9 heteroatoms.